The standard InChI is InChI=1S/C15H17NO2S2/c1-16(2)15(17)11-20(18)10-12-4-3-5-13(8-12)14-6-7-19-9-14/h3-9H,10-11H2,1-2H3. The van der Waals surface area contributed by atoms with E-state index in [4.69, 9.17) is 0 Å². The summed E-state index contributed by atoms with van der Waals surface area (Å²) in [5.74, 6) is 0.394. The maximum Gasteiger partial charge on any atom is 0.234 e. The van der Waals surface area contributed by atoms with Gasteiger partial charge in [-0.3, -0.25) is 9.00 Å². The summed E-state index contributed by atoms with van der Waals surface area (Å²) in [7, 11) is 2.19. The van der Waals surface area contributed by atoms with Gasteiger partial charge in [-0.05, 0) is 33.5 Å². The molecule has 3 nitrogen and oxygen atoms in total. The van der Waals surface area contributed by atoms with Gasteiger partial charge in [0.25, 0.3) is 0 Å². The van der Waals surface area contributed by atoms with Crippen molar-refractivity contribution in [3.8, 4) is 11.1 Å². The first-order valence-corrected chi connectivity index (χ1v) is 8.66. The van der Waals surface area contributed by atoms with Crippen LogP contribution in [0.15, 0.2) is 41.1 Å². The maximum absolute atomic E-state index is 12.0. The third-order valence-electron chi connectivity index (χ3n) is 2.89. The van der Waals surface area contributed by atoms with E-state index in [1.165, 1.54) is 10.5 Å². The van der Waals surface area contributed by atoms with Gasteiger partial charge in [0.15, 0.2) is 0 Å². The highest BCUT2D eigenvalue weighted by molar-refractivity contribution is 7.84. The summed E-state index contributed by atoms with van der Waals surface area (Å²) in [5, 5.41) is 4.13. The fourth-order valence-electron chi connectivity index (χ4n) is 1.77. The molecule has 5 heteroatoms. The highest BCUT2D eigenvalue weighted by Gasteiger charge is 2.10. The number of carbonyl (C=O) groups excluding carboxylic acids is 1. The molecule has 0 spiro atoms. The highest BCUT2D eigenvalue weighted by Crippen LogP contribution is 2.23. The molecule has 1 amide bonds. The van der Waals surface area contributed by atoms with Gasteiger partial charge in [-0.25, -0.2) is 0 Å². The number of nitrogens with zero attached hydrogens (tertiary/aromatic N) is 1. The molecule has 1 heterocycles. The molecular weight excluding hydrogens is 290 g/mol. The number of thiophene rings is 1. The second kappa shape index (κ2) is 6.81. The van der Waals surface area contributed by atoms with E-state index in [-0.39, 0.29) is 11.7 Å². The zero-order valence-corrected chi connectivity index (χ0v) is 13.2. The fourth-order valence-corrected chi connectivity index (χ4v) is 3.63. The van der Waals surface area contributed by atoms with Crippen LogP contribution in [0, 0.1) is 0 Å². The minimum absolute atomic E-state index is 0.0790. The van der Waals surface area contributed by atoms with Crippen LogP contribution < -0.4 is 0 Å². The molecule has 0 saturated carbocycles. The van der Waals surface area contributed by atoms with E-state index in [1.54, 1.807) is 25.4 Å². The summed E-state index contributed by atoms with van der Waals surface area (Å²) in [4.78, 5) is 13.0. The Kier molecular flexibility index (Phi) is 5.09. The van der Waals surface area contributed by atoms with Gasteiger partial charge >= 0.3 is 0 Å². The minimum atomic E-state index is -1.17. The lowest BCUT2D eigenvalue weighted by Gasteiger charge is -2.10. The van der Waals surface area contributed by atoms with Gasteiger partial charge in [0.2, 0.25) is 5.91 Å². The zero-order valence-electron chi connectivity index (χ0n) is 11.5. The Morgan fingerprint density at radius 2 is 2.05 bits per heavy atom. The number of hydrogen-bond donors (Lipinski definition) is 0. The molecule has 20 heavy (non-hydrogen) atoms. The molecule has 2 rings (SSSR count). The van der Waals surface area contributed by atoms with Crippen LogP contribution in [0.25, 0.3) is 11.1 Å². The van der Waals surface area contributed by atoms with E-state index in [0.29, 0.717) is 5.75 Å². The van der Waals surface area contributed by atoms with E-state index < -0.39 is 10.8 Å². The molecule has 1 unspecified atom stereocenters. The van der Waals surface area contributed by atoms with Crippen molar-refractivity contribution >= 4 is 28.0 Å². The molecule has 0 radical (unpaired) electrons. The Labute approximate surface area is 125 Å². The van der Waals surface area contributed by atoms with Gasteiger partial charge in [0.05, 0.1) is 0 Å². The molecule has 106 valence electrons. The average molecular weight is 307 g/mol. The van der Waals surface area contributed by atoms with Gasteiger partial charge in [-0.1, -0.05) is 24.3 Å². The van der Waals surface area contributed by atoms with E-state index in [2.05, 4.69) is 11.4 Å². The Morgan fingerprint density at radius 3 is 2.70 bits per heavy atom. The average Bonchev–Trinajstić information content (AvgIpc) is 2.92. The molecule has 0 saturated heterocycles. The summed E-state index contributed by atoms with van der Waals surface area (Å²) in [6, 6.07) is 10.1. The van der Waals surface area contributed by atoms with Crippen LogP contribution in [0.2, 0.25) is 0 Å². The van der Waals surface area contributed by atoms with Crippen LogP contribution in [-0.4, -0.2) is 34.9 Å². The Balaban J connectivity index is 2.05. The van der Waals surface area contributed by atoms with Crippen molar-refractivity contribution in [3.63, 3.8) is 0 Å². The lowest BCUT2D eigenvalue weighted by atomic mass is 10.1. The van der Waals surface area contributed by atoms with Gasteiger partial charge in [-0.2, -0.15) is 11.3 Å². The zero-order chi connectivity index (χ0) is 14.5. The quantitative estimate of drug-likeness (QED) is 0.852. The number of carbonyl (C=O) groups is 1. The summed E-state index contributed by atoms with van der Waals surface area (Å²) in [6.45, 7) is 0. The molecule has 0 aliphatic heterocycles. The molecular formula is C15H17NO2S2. The first-order chi connectivity index (χ1) is 9.56. The fraction of sp³-hybridized carbons (Fsp3) is 0.267. The van der Waals surface area contributed by atoms with Crippen LogP contribution in [0.4, 0.5) is 0 Å². The van der Waals surface area contributed by atoms with Crippen LogP contribution in [0.5, 0.6) is 0 Å². The van der Waals surface area contributed by atoms with Crippen molar-refractivity contribution in [2.75, 3.05) is 19.8 Å². The molecule has 0 aliphatic carbocycles. The third-order valence-corrected chi connectivity index (χ3v) is 4.80. The summed E-state index contributed by atoms with van der Waals surface area (Å²) < 4.78 is 12.0. The van der Waals surface area contributed by atoms with Gasteiger partial charge in [0, 0.05) is 30.6 Å². The molecule has 2 aromatic rings. The molecule has 1 atom stereocenters. The molecule has 1 aromatic carbocycles. The van der Waals surface area contributed by atoms with Crippen molar-refractivity contribution in [3.05, 3.63) is 46.7 Å². The highest BCUT2D eigenvalue weighted by atomic mass is 32.2. The summed E-state index contributed by atoms with van der Waals surface area (Å²) in [6.07, 6.45) is 0. The molecule has 0 N–H and O–H groups in total. The lowest BCUT2D eigenvalue weighted by Crippen LogP contribution is -2.27. The molecule has 0 fully saturated rings. The first-order valence-electron chi connectivity index (χ1n) is 6.23. The Bertz CT molecular complexity index is 606. The van der Waals surface area contributed by atoms with Gasteiger partial charge in [0.1, 0.15) is 5.75 Å². The smallest absolute Gasteiger partial charge is 0.234 e. The number of amides is 1. The third kappa shape index (κ3) is 4.02. The predicted molar refractivity (Wildman–Crippen MR) is 85.2 cm³/mol. The van der Waals surface area contributed by atoms with Crippen molar-refractivity contribution < 1.29 is 9.00 Å². The van der Waals surface area contributed by atoms with Crippen molar-refractivity contribution in [2.45, 2.75) is 5.75 Å². The molecule has 1 aromatic heterocycles. The van der Waals surface area contributed by atoms with Crippen molar-refractivity contribution in [1.29, 1.82) is 0 Å². The number of hydrogen-bond acceptors (Lipinski definition) is 3. The van der Waals surface area contributed by atoms with Crippen molar-refractivity contribution in [1.82, 2.24) is 4.90 Å². The topological polar surface area (TPSA) is 37.4 Å². The van der Waals surface area contributed by atoms with Crippen molar-refractivity contribution in [2.24, 2.45) is 0 Å². The SMILES string of the molecule is CN(C)C(=O)CS(=O)Cc1cccc(-c2ccsc2)c1. The van der Waals surface area contributed by atoms with Crippen LogP contribution in [0.1, 0.15) is 5.56 Å². The predicted octanol–water partition coefficient (Wildman–Crippen LogP) is 2.75. The number of benzene rings is 1. The Morgan fingerprint density at radius 1 is 1.25 bits per heavy atom. The summed E-state index contributed by atoms with van der Waals surface area (Å²) >= 11 is 1.66. The monoisotopic (exact) mass is 307 g/mol. The lowest BCUT2D eigenvalue weighted by molar-refractivity contribution is -0.125. The minimum Gasteiger partial charge on any atom is -0.348 e. The molecule has 0 bridgehead atoms. The number of rotatable bonds is 5. The van der Waals surface area contributed by atoms with Crippen LogP contribution in [-0.2, 0) is 21.3 Å². The van der Waals surface area contributed by atoms with E-state index in [9.17, 15) is 9.00 Å². The second-order valence-electron chi connectivity index (χ2n) is 4.73. The second-order valence-corrected chi connectivity index (χ2v) is 6.97. The molecule has 0 aliphatic rings. The van der Waals surface area contributed by atoms with Crippen LogP contribution >= 0.6 is 11.3 Å². The normalized spacial score (nSPS) is 12.1. The summed E-state index contributed by atoms with van der Waals surface area (Å²) in [5.41, 5.74) is 3.30. The van der Waals surface area contributed by atoms with Gasteiger partial charge < -0.3 is 4.90 Å². The van der Waals surface area contributed by atoms with E-state index >= 15 is 0 Å². The van der Waals surface area contributed by atoms with E-state index in [0.717, 1.165) is 11.1 Å². The maximum atomic E-state index is 12.0. The van der Waals surface area contributed by atoms with Crippen LogP contribution in [0.3, 0.4) is 0 Å². The largest absolute Gasteiger partial charge is 0.348 e. The van der Waals surface area contributed by atoms with Gasteiger partial charge in [-0.15, -0.1) is 0 Å². The first kappa shape index (κ1) is 14.9. The van der Waals surface area contributed by atoms with E-state index in [1.807, 2.05) is 29.6 Å². The Hall–Kier alpha value is -1.46.